The molecule has 0 atom stereocenters. The van der Waals surface area contributed by atoms with Gasteiger partial charge < -0.3 is 15.8 Å². The van der Waals surface area contributed by atoms with Gasteiger partial charge in [-0.05, 0) is 32.1 Å². The predicted octanol–water partition coefficient (Wildman–Crippen LogP) is 0.904. The Morgan fingerprint density at radius 2 is 2.00 bits per heavy atom. The van der Waals surface area contributed by atoms with E-state index in [-0.39, 0.29) is 5.91 Å². The summed E-state index contributed by atoms with van der Waals surface area (Å²) in [6.07, 6.45) is 2.16. The van der Waals surface area contributed by atoms with Gasteiger partial charge in [-0.3, -0.25) is 4.79 Å². The lowest BCUT2D eigenvalue weighted by molar-refractivity contribution is -0.125. The number of ether oxygens (including phenoxy) is 1. The summed E-state index contributed by atoms with van der Waals surface area (Å²) in [6, 6.07) is 0. The molecule has 3 N–H and O–H groups in total. The van der Waals surface area contributed by atoms with Crippen molar-refractivity contribution in [2.45, 2.75) is 33.6 Å². The van der Waals surface area contributed by atoms with Crippen LogP contribution in [0.25, 0.3) is 0 Å². The summed E-state index contributed by atoms with van der Waals surface area (Å²) in [7, 11) is 0. The Kier molecular flexibility index (Phi) is 4.33. The number of primary amides is 1. The number of nitrogens with one attached hydrogen (secondary N) is 1. The van der Waals surface area contributed by atoms with E-state index < -0.39 is 5.41 Å². The zero-order chi connectivity index (χ0) is 12.2. The van der Waals surface area contributed by atoms with Gasteiger partial charge in [-0.2, -0.15) is 0 Å². The van der Waals surface area contributed by atoms with E-state index in [4.69, 9.17) is 10.5 Å². The van der Waals surface area contributed by atoms with Gasteiger partial charge in [-0.15, -0.1) is 0 Å². The molecule has 1 aliphatic rings. The summed E-state index contributed by atoms with van der Waals surface area (Å²) in [5.74, 6) is -0.253. The lowest BCUT2D eigenvalue weighted by atomic mass is 9.82. The minimum Gasteiger partial charge on any atom is -0.381 e. The van der Waals surface area contributed by atoms with Crippen molar-refractivity contribution in [1.82, 2.24) is 5.32 Å². The Bertz CT molecular complexity index is 245. The summed E-state index contributed by atoms with van der Waals surface area (Å²) < 4.78 is 5.35. The van der Waals surface area contributed by atoms with E-state index in [1.165, 1.54) is 0 Å². The van der Waals surface area contributed by atoms with E-state index in [2.05, 4.69) is 12.2 Å². The average molecular weight is 228 g/mol. The molecule has 0 aromatic heterocycles. The number of carbonyl (C=O) groups is 1. The first kappa shape index (κ1) is 13.5. The molecule has 0 aromatic rings. The normalized spacial score (nSPS) is 20.7. The number of carbonyl (C=O) groups excluding carboxylic acids is 1. The van der Waals surface area contributed by atoms with Crippen molar-refractivity contribution >= 4 is 5.91 Å². The van der Waals surface area contributed by atoms with E-state index in [1.807, 2.05) is 13.8 Å². The number of nitrogens with two attached hydrogens (primary N) is 1. The molecule has 4 heteroatoms. The van der Waals surface area contributed by atoms with Gasteiger partial charge in [0.2, 0.25) is 5.91 Å². The van der Waals surface area contributed by atoms with Crippen LogP contribution in [0.2, 0.25) is 0 Å². The van der Waals surface area contributed by atoms with Crippen LogP contribution in [0.15, 0.2) is 0 Å². The molecule has 4 nitrogen and oxygen atoms in total. The topological polar surface area (TPSA) is 64.3 Å². The van der Waals surface area contributed by atoms with Crippen LogP contribution in [0, 0.1) is 10.8 Å². The molecule has 16 heavy (non-hydrogen) atoms. The molecule has 0 unspecified atom stereocenters. The van der Waals surface area contributed by atoms with E-state index in [0.29, 0.717) is 12.0 Å². The molecule has 1 fully saturated rings. The van der Waals surface area contributed by atoms with Crippen LogP contribution in [0.5, 0.6) is 0 Å². The highest BCUT2D eigenvalue weighted by atomic mass is 16.5. The van der Waals surface area contributed by atoms with E-state index in [0.717, 1.165) is 32.6 Å². The molecule has 1 rings (SSSR count). The summed E-state index contributed by atoms with van der Waals surface area (Å²) in [6.45, 7) is 9.25. The van der Waals surface area contributed by atoms with Gasteiger partial charge in [0, 0.05) is 26.3 Å². The largest absolute Gasteiger partial charge is 0.381 e. The molecule has 1 amide bonds. The van der Waals surface area contributed by atoms with Crippen molar-refractivity contribution < 1.29 is 9.53 Å². The van der Waals surface area contributed by atoms with Crippen molar-refractivity contribution in [3.05, 3.63) is 0 Å². The Hall–Kier alpha value is -0.610. The molecule has 0 aliphatic carbocycles. The van der Waals surface area contributed by atoms with Crippen LogP contribution < -0.4 is 11.1 Å². The zero-order valence-corrected chi connectivity index (χ0v) is 10.6. The van der Waals surface area contributed by atoms with Crippen molar-refractivity contribution in [2.75, 3.05) is 26.3 Å². The van der Waals surface area contributed by atoms with Crippen molar-refractivity contribution in [2.24, 2.45) is 16.6 Å². The highest BCUT2D eigenvalue weighted by molar-refractivity contribution is 5.80. The van der Waals surface area contributed by atoms with Gasteiger partial charge >= 0.3 is 0 Å². The monoisotopic (exact) mass is 228 g/mol. The predicted molar refractivity (Wildman–Crippen MR) is 64.0 cm³/mol. The van der Waals surface area contributed by atoms with Crippen LogP contribution >= 0.6 is 0 Å². The van der Waals surface area contributed by atoms with E-state index in [1.54, 1.807) is 0 Å². The smallest absolute Gasteiger partial charge is 0.224 e. The fourth-order valence-corrected chi connectivity index (χ4v) is 1.80. The molecule has 1 saturated heterocycles. The van der Waals surface area contributed by atoms with Crippen LogP contribution in [-0.4, -0.2) is 32.2 Å². The summed E-state index contributed by atoms with van der Waals surface area (Å²) >= 11 is 0. The Morgan fingerprint density at radius 1 is 1.44 bits per heavy atom. The lowest BCUT2D eigenvalue weighted by Crippen LogP contribution is -2.44. The lowest BCUT2D eigenvalue weighted by Gasteiger charge is -2.34. The Balaban J connectivity index is 2.31. The second-order valence-electron chi connectivity index (χ2n) is 5.77. The van der Waals surface area contributed by atoms with Gasteiger partial charge in [0.15, 0.2) is 0 Å². The summed E-state index contributed by atoms with van der Waals surface area (Å²) in [4.78, 5) is 11.1. The molecule has 94 valence electrons. The third kappa shape index (κ3) is 3.76. The SMILES string of the molecule is CC1(CNCC(C)(C)C(N)=O)CCOCC1. The number of hydrogen-bond donors (Lipinski definition) is 2. The first-order valence-electron chi connectivity index (χ1n) is 5.94. The molecule has 0 aromatic carbocycles. The molecular weight excluding hydrogens is 204 g/mol. The minimum absolute atomic E-state index is 0.253. The molecule has 1 aliphatic heterocycles. The van der Waals surface area contributed by atoms with Crippen LogP contribution in [0.1, 0.15) is 33.6 Å². The number of amides is 1. The Morgan fingerprint density at radius 3 is 2.50 bits per heavy atom. The standard InChI is InChI=1S/C12H24N2O2/c1-11(2,10(13)15)8-14-9-12(3)4-6-16-7-5-12/h14H,4-9H2,1-3H3,(H2,13,15). The van der Waals surface area contributed by atoms with Crippen LogP contribution in [-0.2, 0) is 9.53 Å². The van der Waals surface area contributed by atoms with Gasteiger partial charge in [0.25, 0.3) is 0 Å². The van der Waals surface area contributed by atoms with E-state index >= 15 is 0 Å². The first-order chi connectivity index (χ1) is 7.36. The van der Waals surface area contributed by atoms with Gasteiger partial charge in [-0.25, -0.2) is 0 Å². The molecule has 0 spiro atoms. The van der Waals surface area contributed by atoms with Crippen LogP contribution in [0.4, 0.5) is 0 Å². The Labute approximate surface area is 97.9 Å². The third-order valence-electron chi connectivity index (χ3n) is 3.49. The quantitative estimate of drug-likeness (QED) is 0.735. The van der Waals surface area contributed by atoms with Gasteiger partial charge in [0.05, 0.1) is 5.41 Å². The van der Waals surface area contributed by atoms with Crippen LogP contribution in [0.3, 0.4) is 0 Å². The number of rotatable bonds is 5. The van der Waals surface area contributed by atoms with Crippen molar-refractivity contribution in [3.8, 4) is 0 Å². The molecule has 0 radical (unpaired) electrons. The molecule has 0 bridgehead atoms. The highest BCUT2D eigenvalue weighted by Gasteiger charge is 2.29. The third-order valence-corrected chi connectivity index (χ3v) is 3.49. The van der Waals surface area contributed by atoms with Gasteiger partial charge in [-0.1, -0.05) is 6.92 Å². The highest BCUT2D eigenvalue weighted by Crippen LogP contribution is 2.28. The maximum atomic E-state index is 11.1. The van der Waals surface area contributed by atoms with E-state index in [9.17, 15) is 4.79 Å². The summed E-state index contributed by atoms with van der Waals surface area (Å²) in [5, 5.41) is 3.36. The minimum atomic E-state index is -0.471. The summed E-state index contributed by atoms with van der Waals surface area (Å²) in [5.41, 5.74) is 5.15. The first-order valence-corrected chi connectivity index (χ1v) is 5.94. The van der Waals surface area contributed by atoms with Gasteiger partial charge in [0.1, 0.15) is 0 Å². The molecule has 1 heterocycles. The molecular formula is C12H24N2O2. The second-order valence-corrected chi connectivity index (χ2v) is 5.77. The maximum Gasteiger partial charge on any atom is 0.224 e. The van der Waals surface area contributed by atoms with Crippen molar-refractivity contribution in [3.63, 3.8) is 0 Å². The van der Waals surface area contributed by atoms with Crippen molar-refractivity contribution in [1.29, 1.82) is 0 Å². The fraction of sp³-hybridized carbons (Fsp3) is 0.917. The zero-order valence-electron chi connectivity index (χ0n) is 10.6. The molecule has 0 saturated carbocycles. The fourth-order valence-electron chi connectivity index (χ4n) is 1.80. The average Bonchev–Trinajstić information content (AvgIpc) is 2.17. The number of hydrogen-bond acceptors (Lipinski definition) is 3. The maximum absolute atomic E-state index is 11.1. The second kappa shape index (κ2) is 5.15.